The molecule has 7 heteroatoms. The molecule has 0 heterocycles. The third-order valence-corrected chi connectivity index (χ3v) is 4.03. The number of hydroxylamine groups is 1. The molecule has 7 nitrogen and oxygen atoms in total. The normalized spacial score (nSPS) is 13.6. The molecular formula is C20H27N3O4. The van der Waals surface area contributed by atoms with E-state index in [1.165, 1.54) is 12.4 Å². The number of nitrogens with one attached hydrogen (secondary N) is 2. The first kappa shape index (κ1) is 22.3. The Morgan fingerprint density at radius 2 is 1.56 bits per heavy atom. The molecule has 3 atom stereocenters. The molecule has 0 saturated heterocycles. The minimum atomic E-state index is -1.28. The van der Waals surface area contributed by atoms with Gasteiger partial charge in [-0.25, -0.2) is 5.48 Å². The number of aliphatic hydroxyl groups excluding tert-OH is 1. The highest BCUT2D eigenvalue weighted by Gasteiger charge is 2.27. The van der Waals surface area contributed by atoms with Gasteiger partial charge in [0.2, 0.25) is 5.91 Å². The highest BCUT2D eigenvalue weighted by Crippen LogP contribution is 2.19. The van der Waals surface area contributed by atoms with Gasteiger partial charge in [0, 0.05) is 0 Å². The van der Waals surface area contributed by atoms with Crippen LogP contribution in [-0.4, -0.2) is 40.3 Å². The lowest BCUT2D eigenvalue weighted by atomic mass is 10.0. The van der Waals surface area contributed by atoms with Gasteiger partial charge in [0.15, 0.2) is 0 Å². The monoisotopic (exact) mass is 373 g/mol. The summed E-state index contributed by atoms with van der Waals surface area (Å²) >= 11 is 0. The van der Waals surface area contributed by atoms with Crippen molar-refractivity contribution in [2.45, 2.75) is 39.0 Å². The number of nitrogens with two attached hydrogens (primary N) is 1. The molecule has 2 rings (SSSR count). The predicted molar refractivity (Wildman–Crippen MR) is 104 cm³/mol. The van der Waals surface area contributed by atoms with E-state index >= 15 is 0 Å². The zero-order valence-corrected chi connectivity index (χ0v) is 14.4. The van der Waals surface area contributed by atoms with Crippen LogP contribution in [0.4, 0.5) is 0 Å². The van der Waals surface area contributed by atoms with E-state index in [0.29, 0.717) is 0 Å². The van der Waals surface area contributed by atoms with Crippen LogP contribution in [0.5, 0.6) is 0 Å². The molecule has 0 aromatic heterocycles. The number of aliphatic hydroxyl groups is 1. The summed E-state index contributed by atoms with van der Waals surface area (Å²) in [5.74, 6) is -1.50. The third-order valence-electron chi connectivity index (χ3n) is 4.03. The molecule has 0 saturated carbocycles. The van der Waals surface area contributed by atoms with Crippen molar-refractivity contribution < 1.29 is 19.9 Å². The Kier molecular flexibility index (Phi) is 8.61. The van der Waals surface area contributed by atoms with Crippen molar-refractivity contribution >= 4 is 11.8 Å². The van der Waals surface area contributed by atoms with Gasteiger partial charge in [-0.1, -0.05) is 62.0 Å². The first-order valence-corrected chi connectivity index (χ1v) is 8.24. The molecule has 6 N–H and O–H groups in total. The van der Waals surface area contributed by atoms with Gasteiger partial charge in [-0.15, -0.1) is 0 Å². The smallest absolute Gasteiger partial charge is 0.268 e. The highest BCUT2D eigenvalue weighted by molar-refractivity contribution is 5.89. The highest BCUT2D eigenvalue weighted by atomic mass is 16.5. The number of amides is 2. The number of rotatable bonds is 7. The van der Waals surface area contributed by atoms with Crippen LogP contribution < -0.4 is 16.5 Å². The predicted octanol–water partition coefficient (Wildman–Crippen LogP) is 1.23. The zero-order chi connectivity index (χ0) is 19.1. The maximum absolute atomic E-state index is 12.2. The Hall–Kier alpha value is -2.74. The van der Waals surface area contributed by atoms with Gasteiger partial charge >= 0.3 is 0 Å². The lowest BCUT2D eigenvalue weighted by Crippen LogP contribution is -2.55. The fraction of sp³-hybridized carbons (Fsp3) is 0.300. The van der Waals surface area contributed by atoms with E-state index in [-0.39, 0.29) is 13.8 Å². The second-order valence-corrected chi connectivity index (χ2v) is 6.08. The van der Waals surface area contributed by atoms with Gasteiger partial charge in [-0.3, -0.25) is 14.8 Å². The van der Waals surface area contributed by atoms with Gasteiger partial charge in [0.1, 0.15) is 6.04 Å². The molecule has 0 bridgehead atoms. The molecule has 0 radical (unpaired) electrons. The topological polar surface area (TPSA) is 125 Å². The van der Waals surface area contributed by atoms with E-state index in [1.54, 1.807) is 0 Å². The molecule has 0 aliphatic carbocycles. The van der Waals surface area contributed by atoms with Crippen LogP contribution in [0.25, 0.3) is 11.1 Å². The summed E-state index contributed by atoms with van der Waals surface area (Å²) in [5, 5.41) is 20.6. The lowest BCUT2D eigenvalue weighted by molar-refractivity contribution is -0.137. The third kappa shape index (κ3) is 6.18. The molecule has 0 spiro atoms. The van der Waals surface area contributed by atoms with Crippen molar-refractivity contribution in [3.05, 3.63) is 60.2 Å². The number of hydrogen-bond donors (Lipinski definition) is 5. The van der Waals surface area contributed by atoms with Gasteiger partial charge in [-0.05, 0) is 30.0 Å². The molecule has 146 valence electrons. The maximum Gasteiger partial charge on any atom is 0.268 e. The maximum atomic E-state index is 12.2. The van der Waals surface area contributed by atoms with Crippen molar-refractivity contribution in [2.75, 3.05) is 0 Å². The van der Waals surface area contributed by atoms with Gasteiger partial charge in [0.25, 0.3) is 5.91 Å². The molecular weight excluding hydrogens is 346 g/mol. The molecule has 2 aromatic carbocycles. The summed E-state index contributed by atoms with van der Waals surface area (Å²) in [5.41, 5.74) is 10.3. The van der Waals surface area contributed by atoms with Crippen molar-refractivity contribution in [3.63, 3.8) is 0 Å². The first-order valence-electron chi connectivity index (χ1n) is 8.24. The summed E-state index contributed by atoms with van der Waals surface area (Å²) in [6, 6.07) is 15.4. The Bertz CT molecular complexity index is 733. The van der Waals surface area contributed by atoms with Crippen molar-refractivity contribution in [2.24, 2.45) is 5.73 Å². The summed E-state index contributed by atoms with van der Waals surface area (Å²) in [6.45, 7) is 1.33. The van der Waals surface area contributed by atoms with Crippen LogP contribution in [0, 0.1) is 0 Å². The van der Waals surface area contributed by atoms with E-state index in [1.807, 2.05) is 54.6 Å². The Balaban J connectivity index is 0.00000364. The summed E-state index contributed by atoms with van der Waals surface area (Å²) < 4.78 is 0. The molecule has 27 heavy (non-hydrogen) atoms. The summed E-state index contributed by atoms with van der Waals surface area (Å²) in [7, 11) is 0. The largest absolute Gasteiger partial charge is 0.391 e. The van der Waals surface area contributed by atoms with Crippen molar-refractivity contribution in [1.29, 1.82) is 0 Å². The Morgan fingerprint density at radius 3 is 2.07 bits per heavy atom. The van der Waals surface area contributed by atoms with Crippen LogP contribution in [0.1, 0.15) is 19.9 Å². The van der Waals surface area contributed by atoms with Gasteiger partial charge in [0.05, 0.1) is 12.1 Å². The Labute approximate surface area is 159 Å². The fourth-order valence-electron chi connectivity index (χ4n) is 2.55. The van der Waals surface area contributed by atoms with E-state index in [4.69, 9.17) is 10.9 Å². The summed E-state index contributed by atoms with van der Waals surface area (Å²) in [4.78, 5) is 23.6. The first-order chi connectivity index (χ1) is 12.4. The minimum Gasteiger partial charge on any atom is -0.391 e. The average Bonchev–Trinajstić information content (AvgIpc) is 2.66. The molecule has 0 aliphatic heterocycles. The van der Waals surface area contributed by atoms with E-state index in [0.717, 1.165) is 16.7 Å². The van der Waals surface area contributed by atoms with E-state index in [2.05, 4.69) is 5.32 Å². The molecule has 0 aliphatic rings. The number of hydrogen-bond acceptors (Lipinski definition) is 5. The quantitative estimate of drug-likeness (QED) is 0.369. The van der Waals surface area contributed by atoms with Crippen LogP contribution in [0.2, 0.25) is 0 Å². The fourth-order valence-corrected chi connectivity index (χ4v) is 2.55. The minimum absolute atomic E-state index is 0. The summed E-state index contributed by atoms with van der Waals surface area (Å²) in [6.07, 6.45) is -0.905. The number of benzene rings is 2. The van der Waals surface area contributed by atoms with E-state index in [9.17, 15) is 14.7 Å². The molecule has 0 fully saturated rings. The molecule has 0 unspecified atom stereocenters. The SMILES string of the molecule is C.C[C@@H](O)[C@H](NC(=O)[C@H](N)Cc1ccc(-c2ccccc2)cc1)C(=O)NO. The molecule has 2 amide bonds. The number of carbonyl (C=O) groups is 2. The lowest BCUT2D eigenvalue weighted by Gasteiger charge is -2.21. The van der Waals surface area contributed by atoms with Gasteiger partial charge < -0.3 is 16.2 Å². The number of carbonyl (C=O) groups excluding carboxylic acids is 2. The van der Waals surface area contributed by atoms with Gasteiger partial charge in [-0.2, -0.15) is 0 Å². The van der Waals surface area contributed by atoms with Crippen LogP contribution in [0.15, 0.2) is 54.6 Å². The van der Waals surface area contributed by atoms with Crippen LogP contribution >= 0.6 is 0 Å². The van der Waals surface area contributed by atoms with E-state index < -0.39 is 30.0 Å². The zero-order valence-electron chi connectivity index (χ0n) is 14.4. The standard InChI is InChI=1S/C19H23N3O4.CH4/c1-12(23)17(19(25)22-26)21-18(24)16(20)11-13-7-9-15(10-8-13)14-5-3-2-4-6-14;/h2-10,12,16-17,23,26H,11,20H2,1H3,(H,21,24)(H,22,25);1H4/t12-,16-,17+;/m1./s1. The van der Waals surface area contributed by atoms with Crippen molar-refractivity contribution in [1.82, 2.24) is 10.8 Å². The average molecular weight is 373 g/mol. The second kappa shape index (κ2) is 10.4. The Morgan fingerprint density at radius 1 is 1.00 bits per heavy atom. The van der Waals surface area contributed by atoms with Crippen LogP contribution in [-0.2, 0) is 16.0 Å². The van der Waals surface area contributed by atoms with Crippen LogP contribution in [0.3, 0.4) is 0 Å². The second-order valence-electron chi connectivity index (χ2n) is 6.08. The van der Waals surface area contributed by atoms with Crippen molar-refractivity contribution in [3.8, 4) is 11.1 Å². The molecule has 2 aromatic rings.